The zero-order valence-corrected chi connectivity index (χ0v) is 7.14. The van der Waals surface area contributed by atoms with Gasteiger partial charge in [-0.05, 0) is 18.2 Å². The third kappa shape index (κ3) is 2.76. The van der Waals surface area contributed by atoms with E-state index in [9.17, 15) is 9.90 Å². The van der Waals surface area contributed by atoms with Gasteiger partial charge in [-0.1, -0.05) is 0 Å². The molecule has 0 amide bonds. The van der Waals surface area contributed by atoms with Crippen molar-refractivity contribution in [3.63, 3.8) is 0 Å². The van der Waals surface area contributed by atoms with Gasteiger partial charge in [-0.2, -0.15) is 0 Å². The molecule has 13 heavy (non-hydrogen) atoms. The van der Waals surface area contributed by atoms with Crippen LogP contribution in [0.15, 0.2) is 35.0 Å². The van der Waals surface area contributed by atoms with E-state index >= 15 is 0 Å². The lowest BCUT2D eigenvalue weighted by atomic mass is 10.2. The molecule has 1 aromatic rings. The quantitative estimate of drug-likeness (QED) is 0.560. The topological polar surface area (TPSA) is 59.7 Å². The molecule has 1 unspecified atom stereocenters. The molecule has 1 atom stereocenters. The van der Waals surface area contributed by atoms with Gasteiger partial charge in [0.15, 0.2) is 0 Å². The Labute approximate surface area is 75.4 Å². The van der Waals surface area contributed by atoms with Crippen LogP contribution in [0.1, 0.15) is 11.9 Å². The van der Waals surface area contributed by atoms with Crippen molar-refractivity contribution in [2.24, 2.45) is 0 Å². The standard InChI is InChI=1S/C9H10O4/c1-12-9(11)5-4-7(10)8-3-2-6-13-8/h2-7,10H,1H3/b5-4+. The van der Waals surface area contributed by atoms with Crippen LogP contribution in [0.25, 0.3) is 0 Å². The Kier molecular flexibility index (Phi) is 3.28. The van der Waals surface area contributed by atoms with E-state index in [2.05, 4.69) is 4.74 Å². The second kappa shape index (κ2) is 4.47. The van der Waals surface area contributed by atoms with Crippen LogP contribution in [0, 0.1) is 0 Å². The molecule has 0 aliphatic carbocycles. The van der Waals surface area contributed by atoms with Crippen LogP contribution < -0.4 is 0 Å². The summed E-state index contributed by atoms with van der Waals surface area (Å²) in [5.41, 5.74) is 0. The molecule has 0 aromatic carbocycles. The number of carbonyl (C=O) groups is 1. The minimum absolute atomic E-state index is 0.389. The van der Waals surface area contributed by atoms with E-state index < -0.39 is 12.1 Å². The number of carbonyl (C=O) groups excluding carboxylic acids is 1. The molecule has 1 aromatic heterocycles. The maximum Gasteiger partial charge on any atom is 0.330 e. The van der Waals surface area contributed by atoms with Crippen molar-refractivity contribution in [1.29, 1.82) is 0 Å². The third-order valence-electron chi connectivity index (χ3n) is 1.45. The smallest absolute Gasteiger partial charge is 0.330 e. The first-order valence-corrected chi connectivity index (χ1v) is 3.71. The predicted octanol–water partition coefficient (Wildman–Crippen LogP) is 1.04. The van der Waals surface area contributed by atoms with Crippen molar-refractivity contribution in [2.75, 3.05) is 7.11 Å². The Bertz CT molecular complexity index is 287. The van der Waals surface area contributed by atoms with Crippen molar-refractivity contribution >= 4 is 5.97 Å². The first kappa shape index (κ1) is 9.54. The minimum Gasteiger partial charge on any atom is -0.466 e. The molecule has 0 aliphatic rings. The third-order valence-corrected chi connectivity index (χ3v) is 1.45. The fourth-order valence-corrected chi connectivity index (χ4v) is 0.792. The Hall–Kier alpha value is -1.55. The van der Waals surface area contributed by atoms with Gasteiger partial charge in [-0.3, -0.25) is 0 Å². The van der Waals surface area contributed by atoms with Crippen LogP contribution >= 0.6 is 0 Å². The van der Waals surface area contributed by atoms with E-state index in [-0.39, 0.29) is 0 Å². The van der Waals surface area contributed by atoms with Gasteiger partial charge in [0.25, 0.3) is 0 Å². The van der Waals surface area contributed by atoms with E-state index in [0.29, 0.717) is 5.76 Å². The second-order valence-electron chi connectivity index (χ2n) is 2.34. The van der Waals surface area contributed by atoms with E-state index in [1.165, 1.54) is 19.4 Å². The van der Waals surface area contributed by atoms with E-state index in [0.717, 1.165) is 6.08 Å². The van der Waals surface area contributed by atoms with E-state index in [1.807, 2.05) is 0 Å². The summed E-state index contributed by atoms with van der Waals surface area (Å²) in [7, 11) is 1.27. The average molecular weight is 182 g/mol. The Morgan fingerprint density at radius 2 is 2.54 bits per heavy atom. The molecule has 0 aliphatic heterocycles. The van der Waals surface area contributed by atoms with Crippen LogP contribution in [0.4, 0.5) is 0 Å². The monoisotopic (exact) mass is 182 g/mol. The van der Waals surface area contributed by atoms with Crippen LogP contribution in [0.5, 0.6) is 0 Å². The number of esters is 1. The van der Waals surface area contributed by atoms with Crippen LogP contribution in [-0.4, -0.2) is 18.2 Å². The highest BCUT2D eigenvalue weighted by Gasteiger charge is 2.05. The van der Waals surface area contributed by atoms with Crippen molar-refractivity contribution < 1.29 is 19.1 Å². The fourth-order valence-electron chi connectivity index (χ4n) is 0.792. The summed E-state index contributed by atoms with van der Waals surface area (Å²) < 4.78 is 9.26. The molecule has 1 heterocycles. The highest BCUT2D eigenvalue weighted by atomic mass is 16.5. The van der Waals surface area contributed by atoms with Gasteiger partial charge in [-0.25, -0.2) is 4.79 Å². The first-order valence-electron chi connectivity index (χ1n) is 3.71. The van der Waals surface area contributed by atoms with Crippen molar-refractivity contribution in [2.45, 2.75) is 6.10 Å². The van der Waals surface area contributed by atoms with Crippen LogP contribution in [0.2, 0.25) is 0 Å². The van der Waals surface area contributed by atoms with Gasteiger partial charge >= 0.3 is 5.97 Å². The summed E-state index contributed by atoms with van der Waals surface area (Å²) in [6.45, 7) is 0. The normalized spacial score (nSPS) is 13.1. The highest BCUT2D eigenvalue weighted by Crippen LogP contribution is 2.13. The summed E-state index contributed by atoms with van der Waals surface area (Å²) in [5, 5.41) is 9.37. The largest absolute Gasteiger partial charge is 0.466 e. The summed E-state index contributed by atoms with van der Waals surface area (Å²) in [6.07, 6.45) is 2.98. The molecule has 70 valence electrons. The van der Waals surface area contributed by atoms with Gasteiger partial charge < -0.3 is 14.3 Å². The minimum atomic E-state index is -0.908. The Morgan fingerprint density at radius 3 is 3.08 bits per heavy atom. The zero-order valence-electron chi connectivity index (χ0n) is 7.14. The average Bonchev–Trinajstić information content (AvgIpc) is 2.66. The molecular weight excluding hydrogens is 172 g/mol. The second-order valence-corrected chi connectivity index (χ2v) is 2.34. The van der Waals surface area contributed by atoms with E-state index in [4.69, 9.17) is 4.42 Å². The summed E-state index contributed by atoms with van der Waals surface area (Å²) in [5.74, 6) is -0.120. The number of furan rings is 1. The lowest BCUT2D eigenvalue weighted by Crippen LogP contribution is -1.96. The van der Waals surface area contributed by atoms with E-state index in [1.54, 1.807) is 12.1 Å². The lowest BCUT2D eigenvalue weighted by Gasteiger charge is -1.99. The molecule has 0 radical (unpaired) electrons. The first-order chi connectivity index (χ1) is 6.24. The van der Waals surface area contributed by atoms with Crippen molar-refractivity contribution in [1.82, 2.24) is 0 Å². The molecule has 4 nitrogen and oxygen atoms in total. The van der Waals surface area contributed by atoms with Gasteiger partial charge in [-0.15, -0.1) is 0 Å². The SMILES string of the molecule is COC(=O)/C=C/C(O)c1ccco1. The maximum atomic E-state index is 10.6. The number of methoxy groups -OCH3 is 1. The Morgan fingerprint density at radius 1 is 1.77 bits per heavy atom. The number of aliphatic hydroxyl groups excluding tert-OH is 1. The fraction of sp³-hybridized carbons (Fsp3) is 0.222. The predicted molar refractivity (Wildman–Crippen MR) is 44.8 cm³/mol. The number of rotatable bonds is 3. The summed E-state index contributed by atoms with van der Waals surface area (Å²) in [6, 6.07) is 3.27. The molecule has 0 fully saturated rings. The molecule has 4 heteroatoms. The Balaban J connectivity index is 2.55. The maximum absolute atomic E-state index is 10.6. The number of hydrogen-bond acceptors (Lipinski definition) is 4. The van der Waals surface area contributed by atoms with Crippen LogP contribution in [-0.2, 0) is 9.53 Å². The molecule has 1 N–H and O–H groups in total. The van der Waals surface area contributed by atoms with Gasteiger partial charge in [0.1, 0.15) is 11.9 Å². The van der Waals surface area contributed by atoms with Gasteiger partial charge in [0.05, 0.1) is 13.4 Å². The lowest BCUT2D eigenvalue weighted by molar-refractivity contribution is -0.134. The molecule has 0 saturated heterocycles. The molecule has 0 bridgehead atoms. The molecule has 1 rings (SSSR count). The van der Waals surface area contributed by atoms with Crippen molar-refractivity contribution in [3.05, 3.63) is 36.3 Å². The summed E-state index contributed by atoms with van der Waals surface area (Å²) in [4.78, 5) is 10.6. The molecule has 0 spiro atoms. The summed E-state index contributed by atoms with van der Waals surface area (Å²) >= 11 is 0. The zero-order chi connectivity index (χ0) is 9.68. The number of hydrogen-bond donors (Lipinski definition) is 1. The number of ether oxygens (including phenoxy) is 1. The molecule has 0 saturated carbocycles. The van der Waals surface area contributed by atoms with Crippen molar-refractivity contribution in [3.8, 4) is 0 Å². The van der Waals surface area contributed by atoms with Gasteiger partial charge in [0.2, 0.25) is 0 Å². The van der Waals surface area contributed by atoms with Gasteiger partial charge in [0, 0.05) is 6.08 Å². The van der Waals surface area contributed by atoms with Crippen LogP contribution in [0.3, 0.4) is 0 Å². The number of aliphatic hydroxyl groups is 1. The highest BCUT2D eigenvalue weighted by molar-refractivity contribution is 5.81. The molecular formula is C9H10O4.